The summed E-state index contributed by atoms with van der Waals surface area (Å²) >= 11 is 0. The smallest absolute Gasteiger partial charge is 0.145 e. The maximum absolute atomic E-state index is 8.68. The number of rotatable bonds is 4. The van der Waals surface area contributed by atoms with E-state index in [1.807, 2.05) is 12.1 Å². The Bertz CT molecular complexity index is 402. The Morgan fingerprint density at radius 2 is 1.88 bits per heavy atom. The standard InChI is InChI=1S/C14H20NO2/c1-4-15(2,11-5-6-12-16)13-7-9-14(17-3)10-8-13/h7-10,16H,4,11-12H2,1-3H3/q+1. The molecule has 1 aromatic carbocycles. The fraction of sp³-hybridized carbons (Fsp3) is 0.429. The van der Waals surface area contributed by atoms with Crippen molar-refractivity contribution in [1.29, 1.82) is 0 Å². The molecule has 0 fully saturated rings. The number of benzene rings is 1. The van der Waals surface area contributed by atoms with Crippen molar-refractivity contribution < 1.29 is 9.84 Å². The van der Waals surface area contributed by atoms with E-state index in [1.165, 1.54) is 5.69 Å². The third-order valence-corrected chi connectivity index (χ3v) is 3.03. The van der Waals surface area contributed by atoms with Crippen molar-refractivity contribution >= 4 is 5.69 Å². The van der Waals surface area contributed by atoms with Crippen LogP contribution in [0, 0.1) is 11.8 Å². The largest absolute Gasteiger partial charge is 0.497 e. The third-order valence-electron chi connectivity index (χ3n) is 3.03. The van der Waals surface area contributed by atoms with E-state index in [1.54, 1.807) is 7.11 Å². The van der Waals surface area contributed by atoms with Crippen LogP contribution in [0.3, 0.4) is 0 Å². The molecule has 0 saturated heterocycles. The van der Waals surface area contributed by atoms with Crippen LogP contribution in [0.2, 0.25) is 0 Å². The maximum atomic E-state index is 8.68. The second-order valence-corrected chi connectivity index (χ2v) is 4.08. The lowest BCUT2D eigenvalue weighted by atomic mass is 10.2. The summed E-state index contributed by atoms with van der Waals surface area (Å²) in [6, 6.07) is 8.04. The molecule has 92 valence electrons. The van der Waals surface area contributed by atoms with Gasteiger partial charge in [0, 0.05) is 12.1 Å². The number of ether oxygens (including phenoxy) is 1. The zero-order chi connectivity index (χ0) is 12.7. The minimum Gasteiger partial charge on any atom is -0.497 e. The first-order valence-electron chi connectivity index (χ1n) is 5.72. The van der Waals surface area contributed by atoms with Crippen LogP contribution in [0.1, 0.15) is 6.92 Å². The third kappa shape index (κ3) is 3.48. The number of nitrogens with zero attached hydrogens (tertiary/aromatic N) is 1. The Labute approximate surface area is 103 Å². The molecule has 0 heterocycles. The molecule has 0 radical (unpaired) electrons. The average Bonchev–Trinajstić information content (AvgIpc) is 2.39. The second-order valence-electron chi connectivity index (χ2n) is 4.08. The van der Waals surface area contributed by atoms with E-state index in [4.69, 9.17) is 9.84 Å². The van der Waals surface area contributed by atoms with Crippen molar-refractivity contribution in [3.63, 3.8) is 0 Å². The van der Waals surface area contributed by atoms with E-state index in [2.05, 4.69) is 37.9 Å². The van der Waals surface area contributed by atoms with Crippen LogP contribution in [-0.2, 0) is 0 Å². The summed E-state index contributed by atoms with van der Waals surface area (Å²) in [5.41, 5.74) is 1.19. The summed E-state index contributed by atoms with van der Waals surface area (Å²) in [6.07, 6.45) is 0. The van der Waals surface area contributed by atoms with Crippen molar-refractivity contribution in [2.75, 3.05) is 33.9 Å². The number of hydrogen-bond donors (Lipinski definition) is 1. The van der Waals surface area contributed by atoms with Crippen LogP contribution < -0.4 is 9.22 Å². The summed E-state index contributed by atoms with van der Waals surface area (Å²) in [5, 5.41) is 8.68. The highest BCUT2D eigenvalue weighted by Crippen LogP contribution is 2.23. The molecule has 0 saturated carbocycles. The zero-order valence-corrected chi connectivity index (χ0v) is 10.7. The van der Waals surface area contributed by atoms with Gasteiger partial charge in [-0.1, -0.05) is 5.92 Å². The Balaban J connectivity index is 2.90. The van der Waals surface area contributed by atoms with Gasteiger partial charge < -0.3 is 9.84 Å². The topological polar surface area (TPSA) is 29.5 Å². The Hall–Kier alpha value is -1.50. The molecule has 1 N–H and O–H groups in total. The molecule has 3 nitrogen and oxygen atoms in total. The van der Waals surface area contributed by atoms with Crippen molar-refractivity contribution in [1.82, 2.24) is 4.48 Å². The predicted octanol–water partition coefficient (Wildman–Crippen LogP) is 1.65. The van der Waals surface area contributed by atoms with Gasteiger partial charge in [0.1, 0.15) is 24.6 Å². The van der Waals surface area contributed by atoms with Gasteiger partial charge in [-0.15, -0.1) is 0 Å². The van der Waals surface area contributed by atoms with Crippen molar-refractivity contribution in [2.24, 2.45) is 0 Å². The fourth-order valence-corrected chi connectivity index (χ4v) is 1.61. The average molecular weight is 234 g/mol. The molecule has 1 atom stereocenters. The molecule has 0 aliphatic heterocycles. The van der Waals surface area contributed by atoms with Crippen LogP contribution >= 0.6 is 0 Å². The van der Waals surface area contributed by atoms with Gasteiger partial charge in [-0.3, -0.25) is 4.48 Å². The van der Waals surface area contributed by atoms with Crippen LogP contribution in [0.25, 0.3) is 0 Å². The lowest BCUT2D eigenvalue weighted by Gasteiger charge is -2.30. The molecule has 0 bridgehead atoms. The van der Waals surface area contributed by atoms with Gasteiger partial charge in [0.2, 0.25) is 0 Å². The van der Waals surface area contributed by atoms with Gasteiger partial charge in [-0.05, 0) is 25.0 Å². The normalized spacial score (nSPS) is 13.4. The van der Waals surface area contributed by atoms with Crippen molar-refractivity contribution in [3.05, 3.63) is 24.3 Å². The molecular formula is C14H20NO2+. The summed E-state index contributed by atoms with van der Waals surface area (Å²) in [6.45, 7) is 3.70. The number of quaternary nitrogens is 1. The second kappa shape index (κ2) is 6.29. The predicted molar refractivity (Wildman–Crippen MR) is 71.0 cm³/mol. The molecule has 0 aromatic heterocycles. The van der Waals surface area contributed by atoms with E-state index < -0.39 is 0 Å². The molecule has 0 aliphatic rings. The lowest BCUT2D eigenvalue weighted by molar-refractivity contribution is 0.349. The van der Waals surface area contributed by atoms with Crippen molar-refractivity contribution in [3.8, 4) is 17.6 Å². The molecular weight excluding hydrogens is 214 g/mol. The summed E-state index contributed by atoms with van der Waals surface area (Å²) in [4.78, 5) is 0. The summed E-state index contributed by atoms with van der Waals surface area (Å²) in [7, 11) is 3.80. The minimum atomic E-state index is -0.0771. The van der Waals surface area contributed by atoms with Crippen LogP contribution in [0.5, 0.6) is 5.75 Å². The molecule has 1 unspecified atom stereocenters. The molecule has 0 aliphatic carbocycles. The number of hydrogen-bond acceptors (Lipinski definition) is 2. The first-order valence-corrected chi connectivity index (χ1v) is 5.72. The van der Waals surface area contributed by atoms with Crippen LogP contribution in [0.15, 0.2) is 24.3 Å². The highest BCUT2D eigenvalue weighted by atomic mass is 16.5. The number of methoxy groups -OCH3 is 1. The molecule has 3 heteroatoms. The van der Waals surface area contributed by atoms with Crippen LogP contribution in [0.4, 0.5) is 5.69 Å². The van der Waals surface area contributed by atoms with Gasteiger partial charge in [0.15, 0.2) is 0 Å². The van der Waals surface area contributed by atoms with Gasteiger partial charge in [0.05, 0.1) is 20.7 Å². The Kier molecular flexibility index (Phi) is 5.02. The first-order chi connectivity index (χ1) is 8.16. The van der Waals surface area contributed by atoms with E-state index in [0.29, 0.717) is 6.54 Å². The molecule has 1 rings (SSSR count). The van der Waals surface area contributed by atoms with Crippen molar-refractivity contribution in [2.45, 2.75) is 6.92 Å². The summed E-state index contributed by atoms with van der Waals surface area (Å²) in [5.74, 6) is 6.55. The molecule has 1 aromatic rings. The highest BCUT2D eigenvalue weighted by Gasteiger charge is 2.21. The van der Waals surface area contributed by atoms with E-state index in [-0.39, 0.29) is 6.61 Å². The molecule has 17 heavy (non-hydrogen) atoms. The summed E-state index contributed by atoms with van der Waals surface area (Å²) < 4.78 is 5.88. The Morgan fingerprint density at radius 1 is 1.24 bits per heavy atom. The van der Waals surface area contributed by atoms with E-state index >= 15 is 0 Å². The molecule has 0 amide bonds. The number of aliphatic hydroxyl groups excluding tert-OH is 1. The monoisotopic (exact) mass is 234 g/mol. The fourth-order valence-electron chi connectivity index (χ4n) is 1.61. The van der Waals surface area contributed by atoms with Gasteiger partial charge in [0.25, 0.3) is 0 Å². The zero-order valence-electron chi connectivity index (χ0n) is 10.7. The quantitative estimate of drug-likeness (QED) is 0.634. The van der Waals surface area contributed by atoms with E-state index in [0.717, 1.165) is 16.8 Å². The SMILES string of the molecule is CC[N+](C)(CC#CCO)c1ccc(OC)cc1. The lowest BCUT2D eigenvalue weighted by Crippen LogP contribution is -2.45. The van der Waals surface area contributed by atoms with Gasteiger partial charge in [-0.25, -0.2) is 0 Å². The highest BCUT2D eigenvalue weighted by molar-refractivity contribution is 5.46. The first kappa shape index (κ1) is 13.6. The van der Waals surface area contributed by atoms with Gasteiger partial charge >= 0.3 is 0 Å². The Morgan fingerprint density at radius 3 is 2.35 bits per heavy atom. The number of aliphatic hydroxyl groups is 1. The van der Waals surface area contributed by atoms with E-state index in [9.17, 15) is 0 Å². The maximum Gasteiger partial charge on any atom is 0.145 e. The minimum absolute atomic E-state index is 0.0771. The van der Waals surface area contributed by atoms with Gasteiger partial charge in [-0.2, -0.15) is 0 Å². The van der Waals surface area contributed by atoms with Crippen LogP contribution in [-0.4, -0.2) is 39.0 Å². The molecule has 0 spiro atoms.